The first-order chi connectivity index (χ1) is 8.89. The second-order valence-corrected chi connectivity index (χ2v) is 7.32. The lowest BCUT2D eigenvalue weighted by atomic mass is 10.2. The van der Waals surface area contributed by atoms with E-state index in [2.05, 4.69) is 26.2 Å². The summed E-state index contributed by atoms with van der Waals surface area (Å²) in [5.41, 5.74) is 3.44. The molecule has 1 heterocycles. The summed E-state index contributed by atoms with van der Waals surface area (Å²) in [6, 6.07) is 6.25. The number of halogens is 1. The lowest BCUT2D eigenvalue weighted by molar-refractivity contribution is 0.463. The first kappa shape index (κ1) is 14.4. The number of fused-ring (bicyclic) bond motifs is 1. The van der Waals surface area contributed by atoms with Gasteiger partial charge in [0.15, 0.2) is 0 Å². The van der Waals surface area contributed by atoms with Crippen LogP contribution in [0.2, 0.25) is 0 Å². The summed E-state index contributed by atoms with van der Waals surface area (Å²) in [6.45, 7) is 6.46. The van der Waals surface area contributed by atoms with Gasteiger partial charge in [-0.1, -0.05) is 20.8 Å². The van der Waals surface area contributed by atoms with Gasteiger partial charge in [0.25, 0.3) is 0 Å². The fourth-order valence-corrected chi connectivity index (χ4v) is 2.68. The molecule has 0 saturated heterocycles. The van der Waals surface area contributed by atoms with E-state index in [1.54, 1.807) is 17.8 Å². The molecule has 0 saturated carbocycles. The molecule has 0 aliphatic heterocycles. The third kappa shape index (κ3) is 3.72. The summed E-state index contributed by atoms with van der Waals surface area (Å²) >= 11 is 1.80. The number of rotatable bonds is 4. The third-order valence-electron chi connectivity index (χ3n) is 2.73. The maximum atomic E-state index is 13.1. The van der Waals surface area contributed by atoms with Crippen molar-refractivity contribution in [2.24, 2.45) is 5.84 Å². The zero-order valence-electron chi connectivity index (χ0n) is 11.4. The molecule has 2 rings (SSSR count). The van der Waals surface area contributed by atoms with E-state index in [0.29, 0.717) is 5.58 Å². The van der Waals surface area contributed by atoms with Gasteiger partial charge in [-0.2, -0.15) is 11.8 Å². The maximum absolute atomic E-state index is 13.1. The Hall–Kier alpha value is -1.04. The van der Waals surface area contributed by atoms with Crippen molar-refractivity contribution in [1.29, 1.82) is 0 Å². The molecule has 0 bridgehead atoms. The molecule has 3 N–H and O–H groups in total. The van der Waals surface area contributed by atoms with Gasteiger partial charge in [0.05, 0.1) is 6.04 Å². The van der Waals surface area contributed by atoms with Gasteiger partial charge in [0.2, 0.25) is 0 Å². The van der Waals surface area contributed by atoms with E-state index >= 15 is 0 Å². The van der Waals surface area contributed by atoms with E-state index in [-0.39, 0.29) is 16.6 Å². The molecular formula is C14H19FN2OS. The standard InChI is InChI=1S/C14H19FN2OS/c1-14(2,3)19-8-11(17-16)13-7-9-6-10(15)4-5-12(9)18-13/h4-7,11,17H,8,16H2,1-3H3. The van der Waals surface area contributed by atoms with Crippen molar-refractivity contribution < 1.29 is 8.81 Å². The summed E-state index contributed by atoms with van der Waals surface area (Å²) in [7, 11) is 0. The first-order valence-electron chi connectivity index (χ1n) is 6.18. The molecule has 3 nitrogen and oxygen atoms in total. The van der Waals surface area contributed by atoms with Gasteiger partial charge in [0.1, 0.15) is 17.2 Å². The SMILES string of the molecule is CC(C)(C)SCC(NN)c1cc2cc(F)ccc2o1. The predicted molar refractivity (Wildman–Crippen MR) is 78.4 cm³/mol. The van der Waals surface area contributed by atoms with E-state index in [4.69, 9.17) is 10.3 Å². The van der Waals surface area contributed by atoms with Crippen LogP contribution in [0, 0.1) is 5.82 Å². The van der Waals surface area contributed by atoms with Crippen LogP contribution in [0.25, 0.3) is 11.0 Å². The third-order valence-corrected chi connectivity index (χ3v) is 4.09. The van der Waals surface area contributed by atoms with Crippen LogP contribution in [-0.4, -0.2) is 10.5 Å². The Balaban J connectivity index is 2.20. The zero-order valence-corrected chi connectivity index (χ0v) is 12.2. The Kier molecular flexibility index (Phi) is 4.18. The number of furan rings is 1. The van der Waals surface area contributed by atoms with Crippen LogP contribution in [0.1, 0.15) is 32.6 Å². The average Bonchev–Trinajstić information content (AvgIpc) is 2.71. The fraction of sp³-hybridized carbons (Fsp3) is 0.429. The molecule has 0 aliphatic rings. The predicted octanol–water partition coefficient (Wildman–Crippen LogP) is 3.61. The Morgan fingerprint density at radius 3 is 2.74 bits per heavy atom. The highest BCUT2D eigenvalue weighted by atomic mass is 32.2. The molecule has 0 radical (unpaired) electrons. The normalized spacial score (nSPS) is 13.9. The molecule has 0 spiro atoms. The van der Waals surface area contributed by atoms with E-state index in [1.165, 1.54) is 12.1 Å². The van der Waals surface area contributed by atoms with E-state index in [9.17, 15) is 4.39 Å². The van der Waals surface area contributed by atoms with Gasteiger partial charge in [-0.25, -0.2) is 9.82 Å². The summed E-state index contributed by atoms with van der Waals surface area (Å²) in [6.07, 6.45) is 0. The van der Waals surface area contributed by atoms with Crippen LogP contribution in [0.3, 0.4) is 0 Å². The van der Waals surface area contributed by atoms with Crippen LogP contribution in [-0.2, 0) is 0 Å². The molecule has 2 aromatic rings. The molecule has 5 heteroatoms. The number of benzene rings is 1. The summed E-state index contributed by atoms with van der Waals surface area (Å²) in [4.78, 5) is 0. The highest BCUT2D eigenvalue weighted by molar-refractivity contribution is 8.00. The molecule has 104 valence electrons. The van der Waals surface area contributed by atoms with E-state index < -0.39 is 0 Å². The van der Waals surface area contributed by atoms with Crippen molar-refractivity contribution >= 4 is 22.7 Å². The number of hydrogen-bond donors (Lipinski definition) is 2. The van der Waals surface area contributed by atoms with Crippen molar-refractivity contribution in [1.82, 2.24) is 5.43 Å². The molecule has 0 fully saturated rings. The summed E-state index contributed by atoms with van der Waals surface area (Å²) in [5.74, 6) is 6.86. The number of thioether (sulfide) groups is 1. The molecule has 1 aromatic carbocycles. The summed E-state index contributed by atoms with van der Waals surface area (Å²) in [5, 5.41) is 0.760. The maximum Gasteiger partial charge on any atom is 0.134 e. The minimum Gasteiger partial charge on any atom is -0.459 e. The molecule has 1 unspecified atom stereocenters. The van der Waals surface area contributed by atoms with Gasteiger partial charge < -0.3 is 4.42 Å². The second kappa shape index (κ2) is 5.53. The molecule has 1 aromatic heterocycles. The van der Waals surface area contributed by atoms with Crippen molar-refractivity contribution in [2.75, 3.05) is 5.75 Å². The molecule has 1 atom stereocenters. The topological polar surface area (TPSA) is 51.2 Å². The number of hydrazine groups is 1. The smallest absolute Gasteiger partial charge is 0.134 e. The first-order valence-corrected chi connectivity index (χ1v) is 7.17. The monoisotopic (exact) mass is 282 g/mol. The minimum absolute atomic E-state index is 0.0836. The van der Waals surface area contributed by atoms with Crippen molar-refractivity contribution in [2.45, 2.75) is 31.6 Å². The number of hydrogen-bond acceptors (Lipinski definition) is 4. The quantitative estimate of drug-likeness (QED) is 0.664. The Labute approximate surface area is 116 Å². The average molecular weight is 282 g/mol. The second-order valence-electron chi connectivity index (χ2n) is 5.47. The highest BCUT2D eigenvalue weighted by Gasteiger charge is 2.19. The van der Waals surface area contributed by atoms with Crippen LogP contribution in [0.4, 0.5) is 4.39 Å². The largest absolute Gasteiger partial charge is 0.459 e. The number of nitrogens with two attached hydrogens (primary N) is 1. The van der Waals surface area contributed by atoms with Gasteiger partial charge in [-0.3, -0.25) is 5.84 Å². The highest BCUT2D eigenvalue weighted by Crippen LogP contribution is 2.30. The van der Waals surface area contributed by atoms with Crippen LogP contribution >= 0.6 is 11.8 Å². The van der Waals surface area contributed by atoms with E-state index in [1.807, 2.05) is 6.07 Å². The molecular weight excluding hydrogens is 263 g/mol. The molecule has 0 aliphatic carbocycles. The van der Waals surface area contributed by atoms with Crippen molar-refractivity contribution in [3.05, 3.63) is 35.8 Å². The van der Waals surface area contributed by atoms with Crippen LogP contribution in [0.5, 0.6) is 0 Å². The van der Waals surface area contributed by atoms with Crippen LogP contribution in [0.15, 0.2) is 28.7 Å². The van der Waals surface area contributed by atoms with Crippen molar-refractivity contribution in [3.8, 4) is 0 Å². The summed E-state index contributed by atoms with van der Waals surface area (Å²) < 4.78 is 19.0. The lowest BCUT2D eigenvalue weighted by Gasteiger charge is -2.21. The van der Waals surface area contributed by atoms with Crippen LogP contribution < -0.4 is 11.3 Å². The molecule has 0 amide bonds. The minimum atomic E-state index is -0.263. The Bertz CT molecular complexity index is 562. The van der Waals surface area contributed by atoms with Gasteiger partial charge in [-0.05, 0) is 24.3 Å². The van der Waals surface area contributed by atoms with Gasteiger partial charge in [-0.15, -0.1) is 0 Å². The number of nitrogens with one attached hydrogen (secondary N) is 1. The van der Waals surface area contributed by atoms with E-state index in [0.717, 1.165) is 16.9 Å². The molecule has 19 heavy (non-hydrogen) atoms. The van der Waals surface area contributed by atoms with Crippen molar-refractivity contribution in [3.63, 3.8) is 0 Å². The zero-order chi connectivity index (χ0) is 14.0. The fourth-order valence-electron chi connectivity index (χ4n) is 1.75. The van der Waals surface area contributed by atoms with Gasteiger partial charge in [0, 0.05) is 15.9 Å². The Morgan fingerprint density at radius 2 is 2.11 bits per heavy atom. The van der Waals surface area contributed by atoms with Gasteiger partial charge >= 0.3 is 0 Å². The Morgan fingerprint density at radius 1 is 1.37 bits per heavy atom. The lowest BCUT2D eigenvalue weighted by Crippen LogP contribution is -2.30.